The minimum atomic E-state index is -3.48. The molecule has 1 aromatic heterocycles. The molecule has 0 saturated carbocycles. The van der Waals surface area contributed by atoms with Crippen molar-refractivity contribution in [2.24, 2.45) is 0 Å². The van der Waals surface area contributed by atoms with Crippen LogP contribution >= 0.6 is 0 Å². The van der Waals surface area contributed by atoms with Crippen molar-refractivity contribution in [3.63, 3.8) is 0 Å². The van der Waals surface area contributed by atoms with Gasteiger partial charge in [0.15, 0.2) is 9.84 Å². The summed E-state index contributed by atoms with van der Waals surface area (Å²) < 4.78 is 34.8. The second kappa shape index (κ2) is 7.81. The molecule has 2 aromatic carbocycles. The van der Waals surface area contributed by atoms with Crippen molar-refractivity contribution in [1.29, 1.82) is 0 Å². The Morgan fingerprint density at radius 3 is 2.39 bits per heavy atom. The number of carbonyl (C=O) groups is 1. The van der Waals surface area contributed by atoms with Gasteiger partial charge in [-0.25, -0.2) is 8.42 Å². The number of nitrogens with zero attached hydrogens (tertiary/aromatic N) is 2. The molecular formula is C19H19N3O5S. The van der Waals surface area contributed by atoms with E-state index in [9.17, 15) is 13.2 Å². The summed E-state index contributed by atoms with van der Waals surface area (Å²) in [5, 5.41) is 10.1. The van der Waals surface area contributed by atoms with Crippen LogP contribution < -0.4 is 10.1 Å². The van der Waals surface area contributed by atoms with Gasteiger partial charge in [0.05, 0.1) is 16.6 Å². The number of amides is 1. The summed E-state index contributed by atoms with van der Waals surface area (Å²) in [6.45, 7) is 3.82. The first-order valence-corrected chi connectivity index (χ1v) is 10.3. The molecule has 0 radical (unpaired) electrons. The topological polar surface area (TPSA) is 111 Å². The van der Waals surface area contributed by atoms with E-state index in [1.165, 1.54) is 6.07 Å². The third-order valence-electron chi connectivity index (χ3n) is 3.65. The van der Waals surface area contributed by atoms with Crippen molar-refractivity contribution < 1.29 is 22.4 Å². The van der Waals surface area contributed by atoms with Crippen molar-refractivity contribution in [2.75, 3.05) is 11.6 Å². The maximum atomic E-state index is 12.3. The molecule has 3 aromatic rings. The van der Waals surface area contributed by atoms with Crippen LogP contribution in [0.25, 0.3) is 11.5 Å². The van der Waals surface area contributed by atoms with Crippen molar-refractivity contribution in [1.82, 2.24) is 10.2 Å². The molecule has 0 saturated heterocycles. The van der Waals surface area contributed by atoms with Crippen LogP contribution in [0.15, 0.2) is 57.8 Å². The number of hydrogen-bond acceptors (Lipinski definition) is 7. The van der Waals surface area contributed by atoms with Crippen molar-refractivity contribution in [3.8, 4) is 17.2 Å². The molecule has 0 fully saturated rings. The zero-order chi connectivity index (χ0) is 20.3. The Bertz CT molecular complexity index is 1090. The summed E-state index contributed by atoms with van der Waals surface area (Å²) in [5.74, 6) is 0.212. The Labute approximate surface area is 162 Å². The van der Waals surface area contributed by atoms with Gasteiger partial charge in [0.1, 0.15) is 5.75 Å². The fourth-order valence-corrected chi connectivity index (χ4v) is 3.36. The fourth-order valence-electron chi connectivity index (χ4n) is 2.48. The Morgan fingerprint density at radius 1 is 1.07 bits per heavy atom. The molecule has 9 heteroatoms. The van der Waals surface area contributed by atoms with Crippen LogP contribution in [0.1, 0.15) is 24.2 Å². The highest BCUT2D eigenvalue weighted by Crippen LogP contribution is 2.27. The van der Waals surface area contributed by atoms with Gasteiger partial charge in [0, 0.05) is 11.8 Å². The summed E-state index contributed by atoms with van der Waals surface area (Å²) >= 11 is 0. The SMILES string of the molecule is CC(C)Oc1ccc(C(=O)Nc2nnc(-c3ccccc3S(C)(=O)=O)o2)cc1. The van der Waals surface area contributed by atoms with Crippen molar-refractivity contribution in [2.45, 2.75) is 24.8 Å². The molecule has 28 heavy (non-hydrogen) atoms. The minimum Gasteiger partial charge on any atom is -0.491 e. The minimum absolute atomic E-state index is 0.00277. The largest absolute Gasteiger partial charge is 0.491 e. The van der Waals surface area contributed by atoms with Crippen LogP contribution in [0.5, 0.6) is 5.75 Å². The lowest BCUT2D eigenvalue weighted by Crippen LogP contribution is -2.12. The number of carbonyl (C=O) groups excluding carboxylic acids is 1. The molecule has 146 valence electrons. The molecule has 1 heterocycles. The van der Waals surface area contributed by atoms with E-state index in [1.54, 1.807) is 42.5 Å². The molecular weight excluding hydrogens is 382 g/mol. The quantitative estimate of drug-likeness (QED) is 0.675. The van der Waals surface area contributed by atoms with E-state index < -0.39 is 15.7 Å². The Balaban J connectivity index is 1.78. The lowest BCUT2D eigenvalue weighted by molar-refractivity contribution is 0.102. The van der Waals surface area contributed by atoms with E-state index in [0.717, 1.165) is 6.26 Å². The highest BCUT2D eigenvalue weighted by atomic mass is 32.2. The second-order valence-electron chi connectivity index (χ2n) is 6.33. The second-order valence-corrected chi connectivity index (χ2v) is 8.31. The summed E-state index contributed by atoms with van der Waals surface area (Å²) in [4.78, 5) is 12.4. The van der Waals surface area contributed by atoms with Crippen molar-refractivity contribution >= 4 is 21.8 Å². The van der Waals surface area contributed by atoms with Crippen LogP contribution in [0, 0.1) is 0 Å². The third kappa shape index (κ3) is 4.55. The van der Waals surface area contributed by atoms with Gasteiger partial charge >= 0.3 is 6.01 Å². The number of sulfone groups is 1. The van der Waals surface area contributed by atoms with Crippen LogP contribution in [0.2, 0.25) is 0 Å². The van der Waals surface area contributed by atoms with Gasteiger partial charge < -0.3 is 9.15 Å². The summed E-state index contributed by atoms with van der Waals surface area (Å²) in [7, 11) is -3.48. The van der Waals surface area contributed by atoms with Gasteiger partial charge in [-0.3, -0.25) is 10.1 Å². The number of rotatable bonds is 6. The Hall–Kier alpha value is -3.20. The van der Waals surface area contributed by atoms with Crippen molar-refractivity contribution in [3.05, 3.63) is 54.1 Å². The highest BCUT2D eigenvalue weighted by Gasteiger charge is 2.19. The molecule has 0 unspecified atom stereocenters. The summed E-state index contributed by atoms with van der Waals surface area (Å²) in [5.41, 5.74) is 0.653. The molecule has 0 spiro atoms. The predicted molar refractivity (Wildman–Crippen MR) is 103 cm³/mol. The molecule has 0 atom stereocenters. The van der Waals surface area contributed by atoms with Crippen LogP contribution in [-0.4, -0.2) is 36.9 Å². The molecule has 3 rings (SSSR count). The molecule has 1 N–H and O–H groups in total. The first kappa shape index (κ1) is 19.6. The van der Waals surface area contributed by atoms with Gasteiger partial charge in [-0.2, -0.15) is 0 Å². The van der Waals surface area contributed by atoms with E-state index >= 15 is 0 Å². The summed E-state index contributed by atoms with van der Waals surface area (Å²) in [6, 6.07) is 12.8. The number of hydrogen-bond donors (Lipinski definition) is 1. The van der Waals surface area contributed by atoms with E-state index in [1.807, 2.05) is 13.8 Å². The third-order valence-corrected chi connectivity index (χ3v) is 4.81. The van der Waals surface area contributed by atoms with Crippen LogP contribution in [-0.2, 0) is 9.84 Å². The molecule has 0 aliphatic heterocycles. The maximum absolute atomic E-state index is 12.3. The zero-order valence-corrected chi connectivity index (χ0v) is 16.4. The standard InChI is InChI=1S/C19H19N3O5S/c1-12(2)26-14-10-8-13(9-11-14)17(23)20-19-22-21-18(27-19)15-6-4-5-7-16(15)28(3,24)25/h4-12H,1-3H3,(H,20,22,23). The van der Waals surface area contributed by atoms with Crippen LogP contribution in [0.4, 0.5) is 6.01 Å². The fraction of sp³-hybridized carbons (Fsp3) is 0.211. The van der Waals surface area contributed by atoms with E-state index in [-0.39, 0.29) is 28.5 Å². The smallest absolute Gasteiger partial charge is 0.322 e. The first-order chi connectivity index (χ1) is 13.2. The zero-order valence-electron chi connectivity index (χ0n) is 15.5. The lowest BCUT2D eigenvalue weighted by atomic mass is 10.2. The van der Waals surface area contributed by atoms with Gasteiger partial charge in [-0.15, -0.1) is 5.10 Å². The maximum Gasteiger partial charge on any atom is 0.322 e. The number of benzene rings is 2. The summed E-state index contributed by atoms with van der Waals surface area (Å²) in [6.07, 6.45) is 1.13. The van der Waals surface area contributed by atoms with Gasteiger partial charge in [-0.05, 0) is 50.2 Å². The van der Waals surface area contributed by atoms with Gasteiger partial charge in [-0.1, -0.05) is 17.2 Å². The number of nitrogens with one attached hydrogen (secondary N) is 1. The molecule has 0 aliphatic rings. The molecule has 1 amide bonds. The molecule has 0 bridgehead atoms. The monoisotopic (exact) mass is 401 g/mol. The first-order valence-electron chi connectivity index (χ1n) is 8.45. The number of aromatic nitrogens is 2. The highest BCUT2D eigenvalue weighted by molar-refractivity contribution is 7.90. The van der Waals surface area contributed by atoms with E-state index in [2.05, 4.69) is 15.5 Å². The lowest BCUT2D eigenvalue weighted by Gasteiger charge is -2.09. The Kier molecular flexibility index (Phi) is 5.46. The van der Waals surface area contributed by atoms with E-state index in [4.69, 9.17) is 9.15 Å². The average Bonchev–Trinajstić information content (AvgIpc) is 3.09. The van der Waals surface area contributed by atoms with Gasteiger partial charge in [0.2, 0.25) is 0 Å². The Morgan fingerprint density at radius 2 is 1.75 bits per heavy atom. The number of anilines is 1. The van der Waals surface area contributed by atoms with E-state index in [0.29, 0.717) is 11.3 Å². The average molecular weight is 401 g/mol. The number of ether oxygens (including phenoxy) is 1. The van der Waals surface area contributed by atoms with Gasteiger partial charge in [0.25, 0.3) is 11.8 Å². The van der Waals surface area contributed by atoms with Crippen LogP contribution in [0.3, 0.4) is 0 Å². The molecule has 8 nitrogen and oxygen atoms in total. The molecule has 0 aliphatic carbocycles. The normalized spacial score (nSPS) is 11.4. The predicted octanol–water partition coefficient (Wildman–Crippen LogP) is 3.18.